The van der Waals surface area contributed by atoms with Gasteiger partial charge < -0.3 is 19.2 Å². The average Bonchev–Trinajstić information content (AvgIpc) is 2.86. The molecule has 0 unspecified atom stereocenters. The Kier molecular flexibility index (Phi) is 3.58. The van der Waals surface area contributed by atoms with Crippen molar-refractivity contribution in [1.82, 2.24) is 0 Å². The largest absolute Gasteiger partial charge is 0.486 e. The number of amides is 1. The number of furan rings is 1. The van der Waals surface area contributed by atoms with Crippen molar-refractivity contribution in [2.45, 2.75) is 0 Å². The van der Waals surface area contributed by atoms with Crippen molar-refractivity contribution in [2.24, 2.45) is 0 Å². The van der Waals surface area contributed by atoms with Crippen molar-refractivity contribution < 1.29 is 18.7 Å². The number of rotatable bonds is 2. The van der Waals surface area contributed by atoms with Gasteiger partial charge >= 0.3 is 0 Å². The minimum absolute atomic E-state index is 0.0520. The monoisotopic (exact) mass is 357 g/mol. The maximum atomic E-state index is 12.1. The molecule has 0 aliphatic carbocycles. The number of ether oxygens (including phenoxy) is 2. The number of benzene rings is 1. The zero-order valence-electron chi connectivity index (χ0n) is 10.1. The van der Waals surface area contributed by atoms with Crippen LogP contribution in [0.15, 0.2) is 33.4 Å². The quantitative estimate of drug-likeness (QED) is 0.889. The number of fused-ring (bicyclic) bond motifs is 1. The average molecular weight is 359 g/mol. The number of carbonyl (C=O) groups is 1. The summed E-state index contributed by atoms with van der Waals surface area (Å²) >= 11 is 9.15. The maximum absolute atomic E-state index is 12.1. The Morgan fingerprint density at radius 1 is 1.25 bits per heavy atom. The molecule has 1 aliphatic rings. The van der Waals surface area contributed by atoms with Gasteiger partial charge in [-0.05, 0) is 33.6 Å². The Hall–Kier alpha value is -1.66. The molecule has 104 valence electrons. The first-order chi connectivity index (χ1) is 9.65. The second-order valence-electron chi connectivity index (χ2n) is 4.04. The molecule has 3 rings (SSSR count). The van der Waals surface area contributed by atoms with Crippen LogP contribution in [0.5, 0.6) is 11.5 Å². The Bertz CT molecular complexity index is 670. The van der Waals surface area contributed by atoms with Gasteiger partial charge in [-0.1, -0.05) is 0 Å². The molecule has 1 aromatic heterocycles. The summed E-state index contributed by atoms with van der Waals surface area (Å²) in [4.78, 5) is 12.1. The summed E-state index contributed by atoms with van der Waals surface area (Å²) in [5.74, 6) is 0.872. The van der Waals surface area contributed by atoms with Gasteiger partial charge in [0.05, 0.1) is 17.5 Å². The van der Waals surface area contributed by atoms with Gasteiger partial charge in [-0.3, -0.25) is 4.79 Å². The Morgan fingerprint density at radius 2 is 1.95 bits per heavy atom. The van der Waals surface area contributed by atoms with Crippen molar-refractivity contribution in [3.05, 3.63) is 39.7 Å². The smallest absolute Gasteiger partial charge is 0.260 e. The maximum Gasteiger partial charge on any atom is 0.260 e. The lowest BCUT2D eigenvalue weighted by atomic mass is 10.2. The summed E-state index contributed by atoms with van der Waals surface area (Å²) in [5, 5.41) is 2.79. The number of hydrogen-bond acceptors (Lipinski definition) is 4. The van der Waals surface area contributed by atoms with E-state index in [-0.39, 0.29) is 16.7 Å². The fourth-order valence-electron chi connectivity index (χ4n) is 1.81. The first-order valence-corrected chi connectivity index (χ1v) is 6.96. The molecule has 0 saturated heterocycles. The topological polar surface area (TPSA) is 60.7 Å². The van der Waals surface area contributed by atoms with Crippen LogP contribution in [0.1, 0.15) is 10.4 Å². The van der Waals surface area contributed by atoms with E-state index in [4.69, 9.17) is 25.5 Å². The van der Waals surface area contributed by atoms with E-state index in [0.717, 1.165) is 0 Å². The Balaban J connectivity index is 1.87. The summed E-state index contributed by atoms with van der Waals surface area (Å²) in [6.07, 6.45) is 1.36. The molecule has 0 bridgehead atoms. The third-order valence-electron chi connectivity index (χ3n) is 2.74. The van der Waals surface area contributed by atoms with Crippen molar-refractivity contribution in [3.8, 4) is 11.5 Å². The molecule has 1 amide bonds. The molecular formula is C13H9BrClNO4. The summed E-state index contributed by atoms with van der Waals surface area (Å²) in [6.45, 7) is 0.991. The van der Waals surface area contributed by atoms with Crippen molar-refractivity contribution >= 4 is 39.1 Å². The molecule has 0 radical (unpaired) electrons. The highest BCUT2D eigenvalue weighted by atomic mass is 79.9. The lowest BCUT2D eigenvalue weighted by molar-refractivity contribution is 0.102. The second kappa shape index (κ2) is 5.38. The molecule has 0 saturated carbocycles. The van der Waals surface area contributed by atoms with Crippen LogP contribution < -0.4 is 14.8 Å². The summed E-state index contributed by atoms with van der Waals surface area (Å²) in [7, 11) is 0. The van der Waals surface area contributed by atoms with Crippen LogP contribution in [0.2, 0.25) is 5.22 Å². The van der Waals surface area contributed by atoms with Crippen LogP contribution in [0.25, 0.3) is 0 Å². The molecule has 0 fully saturated rings. The molecule has 7 heteroatoms. The number of carbonyl (C=O) groups excluding carboxylic acids is 1. The number of halogens is 2. The van der Waals surface area contributed by atoms with Crippen LogP contribution >= 0.6 is 27.5 Å². The van der Waals surface area contributed by atoms with Gasteiger partial charge in [0.15, 0.2) is 11.5 Å². The molecule has 1 aromatic carbocycles. The van der Waals surface area contributed by atoms with E-state index < -0.39 is 0 Å². The minimum Gasteiger partial charge on any atom is -0.486 e. The summed E-state index contributed by atoms with van der Waals surface area (Å²) < 4.78 is 16.5. The lowest BCUT2D eigenvalue weighted by Crippen LogP contribution is -2.16. The molecule has 5 nitrogen and oxygen atoms in total. The summed E-state index contributed by atoms with van der Waals surface area (Å²) in [5.41, 5.74) is 0.838. The van der Waals surface area contributed by atoms with Crippen molar-refractivity contribution in [2.75, 3.05) is 18.5 Å². The SMILES string of the molecule is O=C(Nc1cc2c(cc1Br)OCCO2)c1ccoc1Cl. The van der Waals surface area contributed by atoms with Crippen molar-refractivity contribution in [3.63, 3.8) is 0 Å². The molecule has 0 atom stereocenters. The molecule has 1 N–H and O–H groups in total. The van der Waals surface area contributed by atoms with Crippen LogP contribution in [-0.4, -0.2) is 19.1 Å². The minimum atomic E-state index is -0.360. The van der Waals surface area contributed by atoms with E-state index in [1.807, 2.05) is 0 Å². The van der Waals surface area contributed by atoms with Crippen LogP contribution in [-0.2, 0) is 0 Å². The van der Waals surface area contributed by atoms with Gasteiger partial charge in [0.1, 0.15) is 13.2 Å². The van der Waals surface area contributed by atoms with E-state index in [1.165, 1.54) is 12.3 Å². The molecular weight excluding hydrogens is 350 g/mol. The standard InChI is InChI=1S/C13H9BrClNO4/c14-8-5-10-11(19-4-3-18-10)6-9(8)16-13(17)7-1-2-20-12(7)15/h1-2,5-6H,3-4H2,(H,16,17). The van der Waals surface area contributed by atoms with Crippen LogP contribution in [0.3, 0.4) is 0 Å². The predicted molar refractivity (Wildman–Crippen MR) is 76.8 cm³/mol. The third kappa shape index (κ3) is 2.48. The first kappa shape index (κ1) is 13.3. The highest BCUT2D eigenvalue weighted by Gasteiger charge is 2.18. The summed E-state index contributed by atoms with van der Waals surface area (Å²) in [6, 6.07) is 4.95. The van der Waals surface area contributed by atoms with E-state index >= 15 is 0 Å². The molecule has 0 spiro atoms. The van der Waals surface area contributed by atoms with E-state index in [2.05, 4.69) is 21.2 Å². The fraction of sp³-hybridized carbons (Fsp3) is 0.154. The highest BCUT2D eigenvalue weighted by Crippen LogP contribution is 2.38. The Morgan fingerprint density at radius 3 is 2.60 bits per heavy atom. The fourth-order valence-corrected chi connectivity index (χ4v) is 2.43. The Labute approximate surface area is 127 Å². The number of anilines is 1. The van der Waals surface area contributed by atoms with Gasteiger partial charge in [-0.2, -0.15) is 0 Å². The van der Waals surface area contributed by atoms with Gasteiger partial charge in [0.25, 0.3) is 5.91 Å². The zero-order valence-corrected chi connectivity index (χ0v) is 12.5. The van der Waals surface area contributed by atoms with E-state index in [1.54, 1.807) is 12.1 Å². The van der Waals surface area contributed by atoms with Gasteiger partial charge in [0, 0.05) is 16.6 Å². The lowest BCUT2D eigenvalue weighted by Gasteiger charge is -2.20. The van der Waals surface area contributed by atoms with Crippen molar-refractivity contribution in [1.29, 1.82) is 0 Å². The number of hydrogen-bond donors (Lipinski definition) is 1. The molecule has 20 heavy (non-hydrogen) atoms. The number of nitrogens with one attached hydrogen (secondary N) is 1. The molecule has 2 aromatic rings. The van der Waals surface area contributed by atoms with Gasteiger partial charge in [0.2, 0.25) is 5.22 Å². The van der Waals surface area contributed by atoms with Crippen LogP contribution in [0, 0.1) is 0 Å². The molecule has 1 aliphatic heterocycles. The van der Waals surface area contributed by atoms with Gasteiger partial charge in [-0.25, -0.2) is 0 Å². The zero-order chi connectivity index (χ0) is 14.1. The normalized spacial score (nSPS) is 13.1. The molecule has 2 heterocycles. The second-order valence-corrected chi connectivity index (χ2v) is 5.24. The predicted octanol–water partition coefficient (Wildman–Crippen LogP) is 3.72. The highest BCUT2D eigenvalue weighted by molar-refractivity contribution is 9.10. The first-order valence-electron chi connectivity index (χ1n) is 5.78. The van der Waals surface area contributed by atoms with Gasteiger partial charge in [-0.15, -0.1) is 0 Å². The third-order valence-corrected chi connectivity index (χ3v) is 3.69. The van der Waals surface area contributed by atoms with E-state index in [0.29, 0.717) is 34.9 Å². The van der Waals surface area contributed by atoms with E-state index in [9.17, 15) is 4.79 Å². The van der Waals surface area contributed by atoms with Crippen LogP contribution in [0.4, 0.5) is 5.69 Å².